The third-order valence-corrected chi connectivity index (χ3v) is 3.30. The van der Waals surface area contributed by atoms with Crippen molar-refractivity contribution in [2.75, 3.05) is 5.43 Å². The minimum atomic E-state index is -0.491. The summed E-state index contributed by atoms with van der Waals surface area (Å²) in [5.41, 5.74) is 2.77. The van der Waals surface area contributed by atoms with Gasteiger partial charge in [-0.2, -0.15) is 0 Å². The zero-order valence-electron chi connectivity index (χ0n) is 9.67. The zero-order valence-corrected chi connectivity index (χ0v) is 10.5. The van der Waals surface area contributed by atoms with Gasteiger partial charge in [0, 0.05) is 21.9 Å². The Morgan fingerprint density at radius 3 is 2.42 bits per heavy atom. The molecule has 0 unspecified atom stereocenters. The molecule has 0 atom stereocenters. The van der Waals surface area contributed by atoms with Gasteiger partial charge in [-0.05, 0) is 30.3 Å². The third kappa shape index (κ3) is 3.43. The van der Waals surface area contributed by atoms with Crippen LogP contribution in [0.3, 0.4) is 0 Å². The van der Waals surface area contributed by atoms with Crippen LogP contribution in [0, 0.1) is 15.9 Å². The van der Waals surface area contributed by atoms with Crippen molar-refractivity contribution in [2.24, 2.45) is 5.84 Å². The highest BCUT2D eigenvalue weighted by molar-refractivity contribution is 7.99. The lowest BCUT2D eigenvalue weighted by atomic mass is 10.3. The molecule has 0 fully saturated rings. The van der Waals surface area contributed by atoms with E-state index in [9.17, 15) is 14.5 Å². The Bertz CT molecular complexity index is 604. The predicted octanol–water partition coefficient (Wildman–Crippen LogP) is 3.17. The van der Waals surface area contributed by atoms with Crippen LogP contribution in [-0.4, -0.2) is 4.92 Å². The van der Waals surface area contributed by atoms with Crippen molar-refractivity contribution < 1.29 is 9.31 Å². The highest BCUT2D eigenvalue weighted by atomic mass is 32.2. The summed E-state index contributed by atoms with van der Waals surface area (Å²) in [6, 6.07) is 10.3. The second-order valence-corrected chi connectivity index (χ2v) is 4.82. The molecule has 0 amide bonds. The highest BCUT2D eigenvalue weighted by Gasteiger charge is 2.10. The fraction of sp³-hybridized carbons (Fsp3) is 0. The van der Waals surface area contributed by atoms with Gasteiger partial charge in [0.1, 0.15) is 5.82 Å². The molecule has 0 aliphatic rings. The first-order chi connectivity index (χ1) is 9.08. The molecule has 0 spiro atoms. The summed E-state index contributed by atoms with van der Waals surface area (Å²) in [6.45, 7) is 0. The number of hydrogen-bond donors (Lipinski definition) is 2. The molecule has 7 heteroatoms. The van der Waals surface area contributed by atoms with E-state index in [-0.39, 0.29) is 11.5 Å². The molecule has 98 valence electrons. The van der Waals surface area contributed by atoms with Crippen molar-refractivity contribution in [1.82, 2.24) is 0 Å². The molecule has 0 saturated carbocycles. The number of nitrogens with one attached hydrogen (secondary N) is 1. The largest absolute Gasteiger partial charge is 0.324 e. The van der Waals surface area contributed by atoms with Crippen molar-refractivity contribution in [3.05, 3.63) is 58.4 Å². The molecule has 2 aromatic rings. The molecule has 5 nitrogen and oxygen atoms in total. The van der Waals surface area contributed by atoms with Gasteiger partial charge in [-0.3, -0.25) is 16.0 Å². The lowest BCUT2D eigenvalue weighted by Gasteiger charge is -2.05. The summed E-state index contributed by atoms with van der Waals surface area (Å²) < 4.78 is 12.8. The smallest absolute Gasteiger partial charge is 0.272 e. The molecule has 0 saturated heterocycles. The zero-order chi connectivity index (χ0) is 13.8. The van der Waals surface area contributed by atoms with Crippen molar-refractivity contribution in [3.63, 3.8) is 0 Å². The molecular formula is C12H10FN3O2S. The first kappa shape index (κ1) is 13.3. The third-order valence-electron chi connectivity index (χ3n) is 2.32. The van der Waals surface area contributed by atoms with E-state index >= 15 is 0 Å². The van der Waals surface area contributed by atoms with Gasteiger partial charge in [0.05, 0.1) is 10.6 Å². The van der Waals surface area contributed by atoms with Gasteiger partial charge in [-0.15, -0.1) is 0 Å². The molecular weight excluding hydrogens is 269 g/mol. The Hall–Kier alpha value is -2.12. The van der Waals surface area contributed by atoms with Gasteiger partial charge in [-0.25, -0.2) is 4.39 Å². The average molecular weight is 279 g/mol. The number of nitrogens with zero attached hydrogens (tertiary/aromatic N) is 1. The number of nitrogen functional groups attached to an aromatic ring is 1. The Labute approximate surface area is 112 Å². The minimum absolute atomic E-state index is 0.0555. The Kier molecular flexibility index (Phi) is 3.98. The Balaban J connectivity index is 2.31. The number of nitro groups is 1. The maximum absolute atomic E-state index is 12.8. The van der Waals surface area contributed by atoms with Gasteiger partial charge < -0.3 is 5.43 Å². The number of non-ortho nitro benzene ring substituents is 1. The molecule has 2 rings (SSSR count). The minimum Gasteiger partial charge on any atom is -0.324 e. The van der Waals surface area contributed by atoms with E-state index in [1.54, 1.807) is 18.2 Å². The fourth-order valence-electron chi connectivity index (χ4n) is 1.47. The molecule has 0 aliphatic carbocycles. The maximum Gasteiger partial charge on any atom is 0.272 e. The van der Waals surface area contributed by atoms with E-state index in [4.69, 9.17) is 5.84 Å². The van der Waals surface area contributed by atoms with E-state index in [1.807, 2.05) is 0 Å². The van der Waals surface area contributed by atoms with E-state index in [1.165, 1.54) is 36.0 Å². The molecule has 19 heavy (non-hydrogen) atoms. The molecule has 0 aromatic heterocycles. The molecule has 0 radical (unpaired) electrons. The van der Waals surface area contributed by atoms with Crippen LogP contribution in [0.4, 0.5) is 15.8 Å². The number of halogens is 1. The normalized spacial score (nSPS) is 10.2. The van der Waals surface area contributed by atoms with Gasteiger partial charge in [0.25, 0.3) is 5.69 Å². The monoisotopic (exact) mass is 279 g/mol. The standard InChI is InChI=1S/C12H10FN3O2S/c13-8-1-3-11(4-2-8)19-12-6-9(15-14)5-10(7-12)16(17)18/h1-7,15H,14H2. The molecule has 0 aliphatic heterocycles. The van der Waals surface area contributed by atoms with E-state index in [0.29, 0.717) is 10.6 Å². The summed E-state index contributed by atoms with van der Waals surface area (Å²) in [6.07, 6.45) is 0. The summed E-state index contributed by atoms with van der Waals surface area (Å²) in [5.74, 6) is 4.94. The summed E-state index contributed by atoms with van der Waals surface area (Å²) in [5, 5.41) is 10.8. The first-order valence-electron chi connectivity index (χ1n) is 5.28. The number of benzene rings is 2. The van der Waals surface area contributed by atoms with Gasteiger partial charge in [-0.1, -0.05) is 11.8 Å². The molecule has 0 bridgehead atoms. The lowest BCUT2D eigenvalue weighted by Crippen LogP contribution is -2.07. The SMILES string of the molecule is NNc1cc(Sc2ccc(F)cc2)cc([N+](=O)[O-])c1. The number of rotatable bonds is 4. The van der Waals surface area contributed by atoms with Crippen LogP contribution in [0.2, 0.25) is 0 Å². The number of nitro benzene ring substituents is 1. The second kappa shape index (κ2) is 5.68. The van der Waals surface area contributed by atoms with Gasteiger partial charge in [0.2, 0.25) is 0 Å². The van der Waals surface area contributed by atoms with Crippen LogP contribution in [0.25, 0.3) is 0 Å². The number of anilines is 1. The molecule has 0 heterocycles. The summed E-state index contributed by atoms with van der Waals surface area (Å²) >= 11 is 1.29. The summed E-state index contributed by atoms with van der Waals surface area (Å²) in [4.78, 5) is 11.7. The number of hydrogen-bond acceptors (Lipinski definition) is 5. The first-order valence-corrected chi connectivity index (χ1v) is 6.09. The van der Waals surface area contributed by atoms with Crippen molar-refractivity contribution >= 4 is 23.1 Å². The Morgan fingerprint density at radius 2 is 1.84 bits per heavy atom. The van der Waals surface area contributed by atoms with Crippen molar-refractivity contribution in [1.29, 1.82) is 0 Å². The van der Waals surface area contributed by atoms with Gasteiger partial charge in [0.15, 0.2) is 0 Å². The van der Waals surface area contributed by atoms with E-state index in [0.717, 1.165) is 4.90 Å². The molecule has 2 aromatic carbocycles. The second-order valence-electron chi connectivity index (χ2n) is 3.67. The Morgan fingerprint density at radius 1 is 1.16 bits per heavy atom. The average Bonchev–Trinajstić information content (AvgIpc) is 2.41. The van der Waals surface area contributed by atoms with E-state index in [2.05, 4.69) is 5.43 Å². The van der Waals surface area contributed by atoms with Crippen LogP contribution in [0.1, 0.15) is 0 Å². The number of hydrazine groups is 1. The summed E-state index contributed by atoms with van der Waals surface area (Å²) in [7, 11) is 0. The molecule has 3 N–H and O–H groups in total. The van der Waals surface area contributed by atoms with Crippen LogP contribution < -0.4 is 11.3 Å². The number of nitrogens with two attached hydrogens (primary N) is 1. The van der Waals surface area contributed by atoms with Crippen molar-refractivity contribution in [2.45, 2.75) is 9.79 Å². The lowest BCUT2D eigenvalue weighted by molar-refractivity contribution is -0.385. The fourth-order valence-corrected chi connectivity index (χ4v) is 2.38. The van der Waals surface area contributed by atoms with Crippen LogP contribution in [-0.2, 0) is 0 Å². The van der Waals surface area contributed by atoms with Crippen molar-refractivity contribution in [3.8, 4) is 0 Å². The van der Waals surface area contributed by atoms with Crippen LogP contribution in [0.15, 0.2) is 52.3 Å². The van der Waals surface area contributed by atoms with Gasteiger partial charge >= 0.3 is 0 Å². The van der Waals surface area contributed by atoms with Crippen LogP contribution in [0.5, 0.6) is 0 Å². The highest BCUT2D eigenvalue weighted by Crippen LogP contribution is 2.32. The quantitative estimate of drug-likeness (QED) is 0.510. The predicted molar refractivity (Wildman–Crippen MR) is 71.4 cm³/mol. The maximum atomic E-state index is 12.8. The van der Waals surface area contributed by atoms with E-state index < -0.39 is 4.92 Å². The van der Waals surface area contributed by atoms with Crippen LogP contribution >= 0.6 is 11.8 Å². The topological polar surface area (TPSA) is 81.2 Å².